The first-order valence-electron chi connectivity index (χ1n) is 5.46. The van der Waals surface area contributed by atoms with E-state index in [1.54, 1.807) is 17.8 Å². The van der Waals surface area contributed by atoms with Crippen LogP contribution in [0, 0.1) is 0 Å². The van der Waals surface area contributed by atoms with Crippen molar-refractivity contribution in [2.24, 2.45) is 5.73 Å². The average Bonchev–Trinajstić information content (AvgIpc) is 2.34. The molecule has 1 aromatic rings. The summed E-state index contributed by atoms with van der Waals surface area (Å²) in [6.07, 6.45) is 2.74. The van der Waals surface area contributed by atoms with E-state index in [1.807, 2.05) is 6.26 Å². The topological polar surface area (TPSA) is 72.2 Å². The van der Waals surface area contributed by atoms with Gasteiger partial charge in [0.05, 0.1) is 5.02 Å². The van der Waals surface area contributed by atoms with Crippen LogP contribution < -0.4 is 10.5 Å². The Morgan fingerprint density at radius 3 is 2.74 bits per heavy atom. The van der Waals surface area contributed by atoms with Crippen molar-refractivity contribution in [3.63, 3.8) is 0 Å². The number of nitrogens with one attached hydrogen (secondary N) is 1. The molecule has 0 amide bonds. The number of benzene rings is 1. The first kappa shape index (κ1) is 16.7. The molecule has 0 spiro atoms. The molecule has 0 aliphatic carbocycles. The maximum absolute atomic E-state index is 12.0. The van der Waals surface area contributed by atoms with Crippen molar-refractivity contribution in [3.8, 4) is 0 Å². The van der Waals surface area contributed by atoms with Crippen LogP contribution in [0.1, 0.15) is 12.0 Å². The molecule has 106 valence electrons. The Balaban J connectivity index is 2.87. The predicted octanol–water partition coefficient (Wildman–Crippen LogP) is 2.01. The molecule has 1 aromatic carbocycles. The summed E-state index contributed by atoms with van der Waals surface area (Å²) in [6.45, 7) is 0.385. The van der Waals surface area contributed by atoms with Gasteiger partial charge in [0.1, 0.15) is 9.88 Å². The lowest BCUT2D eigenvalue weighted by molar-refractivity contribution is 0.581. The second kappa shape index (κ2) is 7.44. The van der Waals surface area contributed by atoms with Gasteiger partial charge in [-0.05, 0) is 30.6 Å². The van der Waals surface area contributed by atoms with E-state index in [0.29, 0.717) is 12.1 Å². The van der Waals surface area contributed by atoms with Crippen LogP contribution in [0.2, 0.25) is 5.02 Å². The number of thioether (sulfide) groups is 1. The molecule has 0 heterocycles. The smallest absolute Gasteiger partial charge is 0.242 e. The quantitative estimate of drug-likeness (QED) is 0.587. The van der Waals surface area contributed by atoms with Crippen LogP contribution in [-0.4, -0.2) is 32.0 Å². The van der Waals surface area contributed by atoms with Crippen LogP contribution >= 0.6 is 35.6 Å². The molecule has 19 heavy (non-hydrogen) atoms. The van der Waals surface area contributed by atoms with Crippen molar-refractivity contribution in [1.82, 2.24) is 4.72 Å². The molecule has 0 fully saturated rings. The maximum Gasteiger partial charge on any atom is 0.242 e. The predicted molar refractivity (Wildman–Crippen MR) is 85.5 cm³/mol. The molecule has 0 bridgehead atoms. The summed E-state index contributed by atoms with van der Waals surface area (Å²) in [6, 6.07) is 4.42. The summed E-state index contributed by atoms with van der Waals surface area (Å²) in [5.41, 5.74) is 6.00. The number of rotatable bonds is 7. The second-order valence-electron chi connectivity index (χ2n) is 3.75. The third-order valence-electron chi connectivity index (χ3n) is 2.32. The molecule has 3 N–H and O–H groups in total. The summed E-state index contributed by atoms with van der Waals surface area (Å²) in [5.74, 6) is 0.899. The monoisotopic (exact) mass is 338 g/mol. The molecule has 0 aliphatic heterocycles. The standard InChI is InChI=1S/C11H15ClN2O2S3/c1-18-6-2-5-14-19(15,16)10-4-3-8(11(13)17)7-9(10)12/h3-4,7,14H,2,5-6H2,1H3,(H2,13,17). The van der Waals surface area contributed by atoms with Gasteiger partial charge in [-0.15, -0.1) is 0 Å². The molecule has 0 saturated heterocycles. The van der Waals surface area contributed by atoms with Gasteiger partial charge in [-0.2, -0.15) is 11.8 Å². The van der Waals surface area contributed by atoms with Crippen molar-refractivity contribution in [2.45, 2.75) is 11.3 Å². The van der Waals surface area contributed by atoms with E-state index in [2.05, 4.69) is 4.72 Å². The highest BCUT2D eigenvalue weighted by atomic mass is 35.5. The van der Waals surface area contributed by atoms with Gasteiger partial charge in [0.2, 0.25) is 10.0 Å². The van der Waals surface area contributed by atoms with Crippen molar-refractivity contribution in [2.75, 3.05) is 18.6 Å². The highest BCUT2D eigenvalue weighted by Gasteiger charge is 2.17. The highest BCUT2D eigenvalue weighted by Crippen LogP contribution is 2.22. The van der Waals surface area contributed by atoms with E-state index in [9.17, 15) is 8.42 Å². The van der Waals surface area contributed by atoms with Crippen molar-refractivity contribution in [1.29, 1.82) is 0 Å². The number of thiocarbonyl (C=S) groups is 1. The molecule has 0 unspecified atom stereocenters. The van der Waals surface area contributed by atoms with E-state index in [0.717, 1.165) is 12.2 Å². The van der Waals surface area contributed by atoms with E-state index >= 15 is 0 Å². The summed E-state index contributed by atoms with van der Waals surface area (Å²) in [4.78, 5) is 0.220. The van der Waals surface area contributed by atoms with Gasteiger partial charge in [0.25, 0.3) is 0 Å². The molecule has 1 rings (SSSR count). The minimum Gasteiger partial charge on any atom is -0.389 e. The average molecular weight is 339 g/mol. The fraction of sp³-hybridized carbons (Fsp3) is 0.364. The zero-order valence-corrected chi connectivity index (χ0v) is 13.6. The van der Waals surface area contributed by atoms with Crippen LogP contribution in [0.15, 0.2) is 23.1 Å². The van der Waals surface area contributed by atoms with E-state index in [1.165, 1.54) is 12.1 Å². The Kier molecular flexibility index (Phi) is 6.55. The number of nitrogens with two attached hydrogens (primary N) is 1. The first-order valence-corrected chi connectivity index (χ1v) is 9.13. The highest BCUT2D eigenvalue weighted by molar-refractivity contribution is 7.98. The fourth-order valence-electron chi connectivity index (χ4n) is 1.37. The van der Waals surface area contributed by atoms with Crippen molar-refractivity contribution >= 4 is 50.6 Å². The normalized spacial score (nSPS) is 11.5. The molecular formula is C11H15ClN2O2S3. The lowest BCUT2D eigenvalue weighted by Crippen LogP contribution is -2.25. The molecule has 0 radical (unpaired) electrons. The maximum atomic E-state index is 12.0. The molecule has 0 atom stereocenters. The van der Waals surface area contributed by atoms with E-state index in [-0.39, 0.29) is 14.9 Å². The van der Waals surface area contributed by atoms with Crippen molar-refractivity contribution in [3.05, 3.63) is 28.8 Å². The number of halogens is 1. The van der Waals surface area contributed by atoms with Crippen LogP contribution in [0.3, 0.4) is 0 Å². The minimum atomic E-state index is -3.59. The third-order valence-corrected chi connectivity index (χ3v) is 5.20. The minimum absolute atomic E-state index is 0.0401. The summed E-state index contributed by atoms with van der Waals surface area (Å²) >= 11 is 12.4. The lowest BCUT2D eigenvalue weighted by Gasteiger charge is -2.09. The van der Waals surface area contributed by atoms with Gasteiger partial charge in [-0.25, -0.2) is 13.1 Å². The molecular weight excluding hydrogens is 324 g/mol. The number of hydrogen-bond donors (Lipinski definition) is 2. The van der Waals surface area contributed by atoms with Gasteiger partial charge < -0.3 is 5.73 Å². The van der Waals surface area contributed by atoms with Crippen LogP contribution in [0.5, 0.6) is 0 Å². The van der Waals surface area contributed by atoms with Crippen LogP contribution in [0.25, 0.3) is 0 Å². The molecule has 8 heteroatoms. The molecule has 0 aromatic heterocycles. The summed E-state index contributed by atoms with van der Waals surface area (Å²) in [7, 11) is -3.59. The number of sulfonamides is 1. The lowest BCUT2D eigenvalue weighted by atomic mass is 10.2. The Labute approximate surface area is 128 Å². The first-order chi connectivity index (χ1) is 8.88. The Morgan fingerprint density at radius 2 is 2.21 bits per heavy atom. The SMILES string of the molecule is CSCCCNS(=O)(=O)c1ccc(C(N)=S)cc1Cl. The second-order valence-corrected chi connectivity index (χ2v) is 7.32. The van der Waals surface area contributed by atoms with Gasteiger partial charge in [0, 0.05) is 12.1 Å². The summed E-state index contributed by atoms with van der Waals surface area (Å²) < 4.78 is 26.6. The third kappa shape index (κ3) is 4.92. The Morgan fingerprint density at radius 1 is 1.53 bits per heavy atom. The molecule has 0 saturated carbocycles. The van der Waals surface area contributed by atoms with Crippen LogP contribution in [0.4, 0.5) is 0 Å². The summed E-state index contributed by atoms with van der Waals surface area (Å²) in [5, 5.41) is 0.114. The van der Waals surface area contributed by atoms with Gasteiger partial charge in [0.15, 0.2) is 0 Å². The van der Waals surface area contributed by atoms with Crippen LogP contribution in [-0.2, 0) is 10.0 Å². The van der Waals surface area contributed by atoms with E-state index < -0.39 is 10.0 Å². The zero-order chi connectivity index (χ0) is 14.5. The Bertz CT molecular complexity index is 561. The van der Waals surface area contributed by atoms with Crippen molar-refractivity contribution < 1.29 is 8.42 Å². The Hall–Kier alpha value is -0.340. The largest absolute Gasteiger partial charge is 0.389 e. The molecule has 0 aliphatic rings. The number of hydrogen-bond acceptors (Lipinski definition) is 4. The zero-order valence-electron chi connectivity index (χ0n) is 10.3. The van der Waals surface area contributed by atoms with Gasteiger partial charge >= 0.3 is 0 Å². The van der Waals surface area contributed by atoms with E-state index in [4.69, 9.17) is 29.6 Å². The molecule has 4 nitrogen and oxygen atoms in total. The fourth-order valence-corrected chi connectivity index (χ4v) is 3.55. The van der Waals surface area contributed by atoms with Gasteiger partial charge in [-0.3, -0.25) is 0 Å². The van der Waals surface area contributed by atoms with Gasteiger partial charge in [-0.1, -0.05) is 29.9 Å².